The van der Waals surface area contributed by atoms with E-state index >= 15 is 0 Å². The Bertz CT molecular complexity index is 473. The minimum Gasteiger partial charge on any atom is -0.362 e. The van der Waals surface area contributed by atoms with Crippen molar-refractivity contribution in [1.82, 2.24) is 9.97 Å². The summed E-state index contributed by atoms with van der Waals surface area (Å²) in [6, 6.07) is 0. The topological polar surface area (TPSA) is 37.8 Å². The number of hydrogen-bond donors (Lipinski definition) is 1. The molecule has 0 atom stereocenters. The zero-order valence-corrected chi connectivity index (χ0v) is 11.3. The highest BCUT2D eigenvalue weighted by molar-refractivity contribution is 7.16. The fraction of sp³-hybridized carbons (Fsp3) is 0.455. The Hall–Kier alpha value is -0.940. The van der Waals surface area contributed by atoms with Crippen LogP contribution in [0, 0.1) is 6.92 Å². The lowest BCUT2D eigenvalue weighted by Crippen LogP contribution is -1.95. The first kappa shape index (κ1) is 11.5. The van der Waals surface area contributed by atoms with Gasteiger partial charge in [-0.25, -0.2) is 9.97 Å². The van der Waals surface area contributed by atoms with Crippen molar-refractivity contribution in [3.8, 4) is 10.6 Å². The van der Waals surface area contributed by atoms with Gasteiger partial charge in [0.15, 0.2) is 5.13 Å². The van der Waals surface area contributed by atoms with E-state index in [1.807, 2.05) is 6.92 Å². The molecule has 0 unspecified atom stereocenters. The van der Waals surface area contributed by atoms with Crippen LogP contribution < -0.4 is 5.32 Å². The van der Waals surface area contributed by atoms with E-state index in [1.165, 1.54) is 4.88 Å². The van der Waals surface area contributed by atoms with Gasteiger partial charge in [-0.15, -0.1) is 22.7 Å². The van der Waals surface area contributed by atoms with Gasteiger partial charge in [-0.2, -0.15) is 0 Å². The quantitative estimate of drug-likeness (QED) is 0.905. The van der Waals surface area contributed by atoms with Crippen molar-refractivity contribution >= 4 is 27.8 Å². The van der Waals surface area contributed by atoms with Gasteiger partial charge in [-0.3, -0.25) is 0 Å². The second-order valence-corrected chi connectivity index (χ2v) is 5.49. The van der Waals surface area contributed by atoms with Gasteiger partial charge in [0.1, 0.15) is 0 Å². The van der Waals surface area contributed by atoms with Crippen molar-refractivity contribution < 1.29 is 0 Å². The Morgan fingerprint density at radius 3 is 2.81 bits per heavy atom. The van der Waals surface area contributed by atoms with Crippen molar-refractivity contribution in [2.75, 3.05) is 11.9 Å². The lowest BCUT2D eigenvalue weighted by Gasteiger charge is -1.95. The van der Waals surface area contributed by atoms with Crippen LogP contribution in [0.1, 0.15) is 24.5 Å². The maximum atomic E-state index is 4.57. The van der Waals surface area contributed by atoms with Gasteiger partial charge in [0.25, 0.3) is 0 Å². The lowest BCUT2D eigenvalue weighted by molar-refractivity contribution is 1.04. The highest BCUT2D eigenvalue weighted by atomic mass is 32.1. The SMILES string of the molecule is CCNc1nc(-c2sc(C)nc2CC)cs1. The summed E-state index contributed by atoms with van der Waals surface area (Å²) in [6.07, 6.45) is 0.966. The van der Waals surface area contributed by atoms with Crippen molar-refractivity contribution in [2.24, 2.45) is 0 Å². The van der Waals surface area contributed by atoms with E-state index in [4.69, 9.17) is 0 Å². The summed E-state index contributed by atoms with van der Waals surface area (Å²) in [4.78, 5) is 10.3. The number of rotatable bonds is 4. The highest BCUT2D eigenvalue weighted by Crippen LogP contribution is 2.32. The Balaban J connectivity index is 2.34. The molecule has 5 heteroatoms. The Labute approximate surface area is 104 Å². The fourth-order valence-corrected chi connectivity index (χ4v) is 3.34. The van der Waals surface area contributed by atoms with Gasteiger partial charge in [-0.05, 0) is 20.3 Å². The van der Waals surface area contributed by atoms with Gasteiger partial charge < -0.3 is 5.32 Å². The summed E-state index contributed by atoms with van der Waals surface area (Å²) in [7, 11) is 0. The maximum absolute atomic E-state index is 4.57. The summed E-state index contributed by atoms with van der Waals surface area (Å²) >= 11 is 3.38. The first-order valence-corrected chi connectivity index (χ1v) is 7.10. The molecule has 3 nitrogen and oxygen atoms in total. The first-order valence-electron chi connectivity index (χ1n) is 5.40. The Kier molecular flexibility index (Phi) is 3.56. The summed E-state index contributed by atoms with van der Waals surface area (Å²) in [5.41, 5.74) is 2.22. The van der Waals surface area contributed by atoms with Crippen LogP contribution in [0.2, 0.25) is 0 Å². The van der Waals surface area contributed by atoms with E-state index in [2.05, 4.69) is 34.5 Å². The average molecular weight is 253 g/mol. The second kappa shape index (κ2) is 4.93. The molecule has 86 valence electrons. The molecule has 0 aliphatic heterocycles. The summed E-state index contributed by atoms with van der Waals surface area (Å²) in [5, 5.41) is 7.44. The third-order valence-corrected chi connectivity index (χ3v) is 4.04. The summed E-state index contributed by atoms with van der Waals surface area (Å²) in [6.45, 7) is 7.17. The molecule has 0 aromatic carbocycles. The molecule has 0 fully saturated rings. The van der Waals surface area contributed by atoms with E-state index in [0.29, 0.717) is 0 Å². The Morgan fingerprint density at radius 2 is 2.12 bits per heavy atom. The third kappa shape index (κ3) is 2.25. The molecule has 2 rings (SSSR count). The molecular weight excluding hydrogens is 238 g/mol. The maximum Gasteiger partial charge on any atom is 0.183 e. The van der Waals surface area contributed by atoms with Crippen molar-refractivity contribution in [1.29, 1.82) is 0 Å². The predicted octanol–water partition coefficient (Wildman–Crippen LogP) is 3.57. The summed E-state index contributed by atoms with van der Waals surface area (Å²) < 4.78 is 0. The van der Waals surface area contributed by atoms with E-state index < -0.39 is 0 Å². The normalized spacial score (nSPS) is 10.7. The molecule has 2 heterocycles. The van der Waals surface area contributed by atoms with Crippen molar-refractivity contribution in [2.45, 2.75) is 27.2 Å². The minimum atomic E-state index is 0.912. The predicted molar refractivity (Wildman–Crippen MR) is 71.5 cm³/mol. The fourth-order valence-electron chi connectivity index (χ4n) is 1.52. The van der Waals surface area contributed by atoms with E-state index in [-0.39, 0.29) is 0 Å². The number of hydrogen-bond acceptors (Lipinski definition) is 5. The molecule has 0 radical (unpaired) electrons. The number of nitrogens with zero attached hydrogens (tertiary/aromatic N) is 2. The van der Waals surface area contributed by atoms with Crippen LogP contribution in [0.5, 0.6) is 0 Å². The van der Waals surface area contributed by atoms with Crippen molar-refractivity contribution in [3.05, 3.63) is 16.1 Å². The van der Waals surface area contributed by atoms with E-state index in [9.17, 15) is 0 Å². The molecule has 1 N–H and O–H groups in total. The van der Waals surface area contributed by atoms with Crippen LogP contribution in [0.25, 0.3) is 10.6 Å². The van der Waals surface area contributed by atoms with Crippen LogP contribution >= 0.6 is 22.7 Å². The number of aryl methyl sites for hydroxylation is 2. The van der Waals surface area contributed by atoms with Gasteiger partial charge in [0.2, 0.25) is 0 Å². The smallest absolute Gasteiger partial charge is 0.183 e. The monoisotopic (exact) mass is 253 g/mol. The van der Waals surface area contributed by atoms with Crippen LogP contribution in [0.4, 0.5) is 5.13 Å². The Morgan fingerprint density at radius 1 is 1.31 bits per heavy atom. The van der Waals surface area contributed by atoms with E-state index in [0.717, 1.165) is 34.5 Å². The standard InChI is InChI=1S/C11H15N3S2/c1-4-8-10(16-7(3)13-8)9-6-15-11(14-9)12-5-2/h6H,4-5H2,1-3H3,(H,12,14). The van der Waals surface area contributed by atoms with Crippen molar-refractivity contribution in [3.63, 3.8) is 0 Å². The molecule has 2 aromatic heterocycles. The number of thiazole rings is 2. The minimum absolute atomic E-state index is 0.912. The van der Waals surface area contributed by atoms with Crippen LogP contribution in [-0.2, 0) is 6.42 Å². The zero-order valence-electron chi connectivity index (χ0n) is 9.70. The summed E-state index contributed by atoms with van der Waals surface area (Å²) in [5.74, 6) is 0. The van der Waals surface area contributed by atoms with Gasteiger partial charge in [0, 0.05) is 11.9 Å². The molecule has 0 spiro atoms. The highest BCUT2D eigenvalue weighted by Gasteiger charge is 2.12. The molecule has 0 aliphatic rings. The first-order chi connectivity index (χ1) is 7.74. The van der Waals surface area contributed by atoms with Crippen LogP contribution in [-0.4, -0.2) is 16.5 Å². The largest absolute Gasteiger partial charge is 0.362 e. The lowest BCUT2D eigenvalue weighted by atomic mass is 10.2. The molecule has 0 saturated carbocycles. The molecule has 0 bridgehead atoms. The molecule has 2 aromatic rings. The molecule has 0 amide bonds. The molecule has 0 saturated heterocycles. The van der Waals surface area contributed by atoms with Gasteiger partial charge >= 0.3 is 0 Å². The van der Waals surface area contributed by atoms with Crippen LogP contribution in [0.15, 0.2) is 5.38 Å². The third-order valence-electron chi connectivity index (χ3n) is 2.20. The zero-order chi connectivity index (χ0) is 11.5. The molecule has 16 heavy (non-hydrogen) atoms. The van der Waals surface area contributed by atoms with E-state index in [1.54, 1.807) is 22.7 Å². The van der Waals surface area contributed by atoms with Gasteiger partial charge in [0.05, 0.1) is 21.3 Å². The number of nitrogens with one attached hydrogen (secondary N) is 1. The van der Waals surface area contributed by atoms with Crippen LogP contribution in [0.3, 0.4) is 0 Å². The van der Waals surface area contributed by atoms with Gasteiger partial charge in [-0.1, -0.05) is 6.92 Å². The number of anilines is 1. The molecular formula is C11H15N3S2. The number of aromatic nitrogens is 2. The average Bonchev–Trinajstić information content (AvgIpc) is 2.85. The molecule has 0 aliphatic carbocycles. The second-order valence-electron chi connectivity index (χ2n) is 3.43.